The molecule has 2 atom stereocenters. The molecule has 6 nitrogen and oxygen atoms in total. The zero-order chi connectivity index (χ0) is 14.4. The number of carbonyl (C=O) groups is 2. The minimum Gasteiger partial charge on any atom is -0.394 e. The summed E-state index contributed by atoms with van der Waals surface area (Å²) in [6.45, 7) is 0.785. The molecule has 6 heteroatoms. The van der Waals surface area contributed by atoms with Gasteiger partial charge in [-0.1, -0.05) is 12.1 Å². The second-order valence-corrected chi connectivity index (χ2v) is 4.24. The number of aliphatic hydroxyl groups excluding tert-OH is 3. The van der Waals surface area contributed by atoms with Crippen LogP contribution in [-0.4, -0.2) is 39.7 Å². The molecule has 0 aliphatic rings. The smallest absolute Gasteiger partial charge is 0.231 e. The maximum atomic E-state index is 11.3. The summed E-state index contributed by atoms with van der Waals surface area (Å²) < 4.78 is 0. The van der Waals surface area contributed by atoms with Crippen LogP contribution >= 0.6 is 0 Å². The molecule has 2 unspecified atom stereocenters. The monoisotopic (exact) mass is 267 g/mol. The van der Waals surface area contributed by atoms with E-state index in [-0.39, 0.29) is 12.2 Å². The van der Waals surface area contributed by atoms with Crippen LogP contribution in [0.3, 0.4) is 0 Å². The van der Waals surface area contributed by atoms with Crippen molar-refractivity contribution in [2.75, 3.05) is 11.9 Å². The van der Waals surface area contributed by atoms with Crippen LogP contribution in [-0.2, 0) is 9.59 Å². The highest BCUT2D eigenvalue weighted by Gasteiger charge is 2.17. The largest absolute Gasteiger partial charge is 0.394 e. The van der Waals surface area contributed by atoms with Crippen LogP contribution in [0.25, 0.3) is 0 Å². The Bertz CT molecular complexity index is 443. The first-order chi connectivity index (χ1) is 8.93. The van der Waals surface area contributed by atoms with Crippen LogP contribution in [0.5, 0.6) is 0 Å². The molecule has 0 heterocycles. The van der Waals surface area contributed by atoms with E-state index in [0.29, 0.717) is 11.3 Å². The number of amides is 1. The van der Waals surface area contributed by atoms with Gasteiger partial charge in [-0.2, -0.15) is 0 Å². The molecule has 0 saturated heterocycles. The highest BCUT2D eigenvalue weighted by Crippen LogP contribution is 2.19. The Balaban J connectivity index is 2.66. The number of hydrogen-bond acceptors (Lipinski definition) is 5. The van der Waals surface area contributed by atoms with Crippen LogP contribution in [0.15, 0.2) is 24.3 Å². The number of ketones is 1. The normalized spacial score (nSPS) is 13.7. The van der Waals surface area contributed by atoms with E-state index in [9.17, 15) is 19.8 Å². The van der Waals surface area contributed by atoms with Crippen molar-refractivity contribution in [2.45, 2.75) is 25.6 Å². The minimum atomic E-state index is -1.25. The van der Waals surface area contributed by atoms with Gasteiger partial charge in [0.25, 0.3) is 0 Å². The first-order valence-electron chi connectivity index (χ1n) is 5.80. The van der Waals surface area contributed by atoms with Gasteiger partial charge in [0.1, 0.15) is 18.0 Å². The number of nitrogens with one attached hydrogen (secondary N) is 1. The Morgan fingerprint density at radius 2 is 1.79 bits per heavy atom. The predicted octanol–water partition coefficient (Wildman–Crippen LogP) is -0.00920. The van der Waals surface area contributed by atoms with Crippen LogP contribution in [0.1, 0.15) is 25.0 Å². The number of benzene rings is 1. The van der Waals surface area contributed by atoms with Crippen molar-refractivity contribution in [2.24, 2.45) is 0 Å². The van der Waals surface area contributed by atoms with Crippen LogP contribution in [0.4, 0.5) is 5.69 Å². The predicted molar refractivity (Wildman–Crippen MR) is 68.4 cm³/mol. The van der Waals surface area contributed by atoms with E-state index < -0.39 is 24.7 Å². The van der Waals surface area contributed by atoms with Gasteiger partial charge in [-0.05, 0) is 24.6 Å². The third-order valence-electron chi connectivity index (χ3n) is 2.50. The third-order valence-corrected chi connectivity index (χ3v) is 2.50. The van der Waals surface area contributed by atoms with Crippen molar-refractivity contribution < 1.29 is 24.9 Å². The van der Waals surface area contributed by atoms with Crippen molar-refractivity contribution in [3.63, 3.8) is 0 Å². The Morgan fingerprint density at radius 1 is 1.21 bits per heavy atom. The lowest BCUT2D eigenvalue weighted by molar-refractivity contribution is -0.124. The average Bonchev–Trinajstić information content (AvgIpc) is 2.36. The molecule has 0 spiro atoms. The Labute approximate surface area is 110 Å². The van der Waals surface area contributed by atoms with Gasteiger partial charge >= 0.3 is 0 Å². The lowest BCUT2D eigenvalue weighted by atomic mass is 10.0. The molecule has 19 heavy (non-hydrogen) atoms. The lowest BCUT2D eigenvalue weighted by Crippen LogP contribution is -2.22. The lowest BCUT2D eigenvalue weighted by Gasteiger charge is -2.16. The molecule has 1 rings (SSSR count). The molecule has 104 valence electrons. The van der Waals surface area contributed by atoms with Crippen molar-refractivity contribution >= 4 is 17.4 Å². The fraction of sp³-hybridized carbons (Fsp3) is 0.385. The molecular formula is C13H17NO5. The first-order valence-corrected chi connectivity index (χ1v) is 5.80. The summed E-state index contributed by atoms with van der Waals surface area (Å²) in [5, 5.41) is 30.2. The summed E-state index contributed by atoms with van der Waals surface area (Å²) in [5.74, 6) is -0.633. The van der Waals surface area contributed by atoms with E-state index in [1.54, 1.807) is 12.1 Å². The fourth-order valence-corrected chi connectivity index (χ4v) is 1.52. The van der Waals surface area contributed by atoms with E-state index in [0.717, 1.165) is 0 Å². The summed E-state index contributed by atoms with van der Waals surface area (Å²) in [5.41, 5.74) is 0.909. The maximum Gasteiger partial charge on any atom is 0.231 e. The zero-order valence-corrected chi connectivity index (χ0v) is 10.5. The molecule has 1 aromatic carbocycles. The zero-order valence-electron chi connectivity index (χ0n) is 10.5. The molecule has 4 N–H and O–H groups in total. The summed E-state index contributed by atoms with van der Waals surface area (Å²) >= 11 is 0. The average molecular weight is 267 g/mol. The van der Waals surface area contributed by atoms with Gasteiger partial charge in [-0.3, -0.25) is 9.59 Å². The van der Waals surface area contributed by atoms with Gasteiger partial charge in [0.15, 0.2) is 0 Å². The minimum absolute atomic E-state index is 0.187. The van der Waals surface area contributed by atoms with Crippen molar-refractivity contribution in [3.8, 4) is 0 Å². The topological polar surface area (TPSA) is 107 Å². The molecule has 1 aromatic rings. The molecule has 0 saturated carbocycles. The van der Waals surface area contributed by atoms with Crippen molar-refractivity contribution in [1.29, 1.82) is 0 Å². The number of aliphatic hydroxyl groups is 3. The quantitative estimate of drug-likeness (QED) is 0.542. The Hall–Kier alpha value is -1.76. The molecule has 1 amide bonds. The molecule has 0 aliphatic heterocycles. The van der Waals surface area contributed by atoms with Crippen molar-refractivity contribution in [1.82, 2.24) is 0 Å². The summed E-state index contributed by atoms with van der Waals surface area (Å²) in [6, 6.07) is 6.13. The van der Waals surface area contributed by atoms with Gasteiger partial charge in [0.05, 0.1) is 13.0 Å². The molecule has 0 fully saturated rings. The van der Waals surface area contributed by atoms with Gasteiger partial charge < -0.3 is 20.6 Å². The highest BCUT2D eigenvalue weighted by atomic mass is 16.4. The fourth-order valence-electron chi connectivity index (χ4n) is 1.52. The Morgan fingerprint density at radius 3 is 2.26 bits per heavy atom. The standard InChI is InChI=1S/C13H17NO5/c1-8(16)6-12(18)14-10-4-2-9(3-5-10)13(19)11(17)7-15/h2-5,11,13,15,17,19H,6-7H2,1H3,(H,14,18). The molecular weight excluding hydrogens is 250 g/mol. The van der Waals surface area contributed by atoms with E-state index >= 15 is 0 Å². The van der Waals surface area contributed by atoms with Gasteiger partial charge in [-0.25, -0.2) is 0 Å². The van der Waals surface area contributed by atoms with E-state index in [4.69, 9.17) is 5.11 Å². The second-order valence-electron chi connectivity index (χ2n) is 4.24. The molecule has 0 aliphatic carbocycles. The summed E-state index contributed by atoms with van der Waals surface area (Å²) in [7, 11) is 0. The van der Waals surface area contributed by atoms with E-state index in [2.05, 4.69) is 5.32 Å². The van der Waals surface area contributed by atoms with Crippen LogP contribution in [0, 0.1) is 0 Å². The molecule has 0 aromatic heterocycles. The van der Waals surface area contributed by atoms with Crippen LogP contribution < -0.4 is 5.32 Å². The molecule has 0 bridgehead atoms. The van der Waals surface area contributed by atoms with Gasteiger partial charge in [0.2, 0.25) is 5.91 Å². The SMILES string of the molecule is CC(=O)CC(=O)Nc1ccc(C(O)C(O)CO)cc1. The van der Waals surface area contributed by atoms with E-state index in [1.165, 1.54) is 19.1 Å². The Kier molecular flexibility index (Phi) is 5.62. The summed E-state index contributed by atoms with van der Waals surface area (Å²) in [6.07, 6.45) is -2.63. The summed E-state index contributed by atoms with van der Waals surface area (Å²) in [4.78, 5) is 22.1. The number of rotatable bonds is 6. The van der Waals surface area contributed by atoms with Crippen molar-refractivity contribution in [3.05, 3.63) is 29.8 Å². The van der Waals surface area contributed by atoms with E-state index in [1.807, 2.05) is 0 Å². The maximum absolute atomic E-state index is 11.3. The third kappa shape index (κ3) is 4.78. The first kappa shape index (κ1) is 15.3. The number of carbonyl (C=O) groups excluding carboxylic acids is 2. The number of hydrogen-bond donors (Lipinski definition) is 4. The van der Waals surface area contributed by atoms with Gasteiger partial charge in [-0.15, -0.1) is 0 Å². The highest BCUT2D eigenvalue weighted by molar-refractivity contribution is 6.03. The molecule has 0 radical (unpaired) electrons. The van der Waals surface area contributed by atoms with Gasteiger partial charge in [0, 0.05) is 5.69 Å². The second kappa shape index (κ2) is 6.98. The van der Waals surface area contributed by atoms with Crippen LogP contribution in [0.2, 0.25) is 0 Å². The number of anilines is 1. The number of Topliss-reactive ketones (excluding diaryl/α,β-unsaturated/α-hetero) is 1.